The van der Waals surface area contributed by atoms with E-state index < -0.39 is 17.9 Å². The SMILES string of the molecule is C=Cc1c2[nH]c(c1C)/C=C1\N/C(=C3\c4[nH]c(c(C)c4C(=O)[C@@H]3C(=O)OC)/C=c3\[nH]/c(c(C)c3C=C)=C\2)[C@@H](CCC(=O)O)[C@@H]1C. The summed E-state index contributed by atoms with van der Waals surface area (Å²) in [6.07, 6.45) is 9.95. The van der Waals surface area contributed by atoms with E-state index in [0.29, 0.717) is 34.5 Å². The van der Waals surface area contributed by atoms with E-state index in [1.165, 1.54) is 7.11 Å². The number of carbonyl (C=O) groups excluding carboxylic acids is 2. The number of aromatic nitrogens is 3. The van der Waals surface area contributed by atoms with Crippen LogP contribution in [0.25, 0.3) is 36.0 Å². The van der Waals surface area contributed by atoms with Crippen molar-refractivity contribution in [3.8, 4) is 0 Å². The largest absolute Gasteiger partial charge is 0.481 e. The van der Waals surface area contributed by atoms with Crippen molar-refractivity contribution in [2.45, 2.75) is 40.5 Å². The first-order valence-corrected chi connectivity index (χ1v) is 14.7. The smallest absolute Gasteiger partial charge is 0.321 e. The molecule has 1 fully saturated rings. The van der Waals surface area contributed by atoms with Crippen LogP contribution in [0, 0.1) is 38.5 Å². The number of rotatable bonds is 6. The second-order valence-electron chi connectivity index (χ2n) is 11.8. The van der Waals surface area contributed by atoms with Crippen LogP contribution in [0.15, 0.2) is 24.6 Å². The first-order valence-electron chi connectivity index (χ1n) is 14.7. The Hall–Kier alpha value is -5.05. The van der Waals surface area contributed by atoms with Gasteiger partial charge in [-0.25, -0.2) is 0 Å². The van der Waals surface area contributed by atoms with Crippen molar-refractivity contribution in [3.63, 3.8) is 0 Å². The van der Waals surface area contributed by atoms with Gasteiger partial charge in [0.2, 0.25) is 0 Å². The molecule has 9 heteroatoms. The summed E-state index contributed by atoms with van der Waals surface area (Å²) in [5, 5.41) is 14.9. The van der Waals surface area contributed by atoms with E-state index in [1.807, 2.05) is 52.0 Å². The maximum atomic E-state index is 14.0. The number of Topliss-reactive ketones (excluding diaryl/α,β-unsaturated/α-hetero) is 1. The third kappa shape index (κ3) is 4.25. The van der Waals surface area contributed by atoms with Crippen molar-refractivity contribution in [1.82, 2.24) is 20.3 Å². The second kappa shape index (κ2) is 10.6. The third-order valence-electron chi connectivity index (χ3n) is 9.52. The van der Waals surface area contributed by atoms with Crippen LogP contribution in [-0.4, -0.2) is 44.9 Å². The number of allylic oxidation sites excluding steroid dienone is 2. The second-order valence-corrected chi connectivity index (χ2v) is 11.8. The highest BCUT2D eigenvalue weighted by Crippen LogP contribution is 2.48. The number of methoxy groups -OCH3 is 1. The Balaban J connectivity index is 1.74. The van der Waals surface area contributed by atoms with Crippen LogP contribution >= 0.6 is 0 Å². The van der Waals surface area contributed by atoms with Crippen LogP contribution < -0.4 is 16.0 Å². The average molecular weight is 593 g/mol. The van der Waals surface area contributed by atoms with Gasteiger partial charge in [0.1, 0.15) is 5.92 Å². The summed E-state index contributed by atoms with van der Waals surface area (Å²) in [5.41, 5.74) is 10.2. The molecule has 0 spiro atoms. The number of aromatic amines is 3. The van der Waals surface area contributed by atoms with E-state index in [4.69, 9.17) is 4.74 Å². The highest BCUT2D eigenvalue weighted by Gasteiger charge is 2.48. The fourth-order valence-corrected chi connectivity index (χ4v) is 7.05. The molecule has 5 N–H and O–H groups in total. The molecule has 9 nitrogen and oxygen atoms in total. The lowest BCUT2D eigenvalue weighted by Crippen LogP contribution is -2.25. The molecule has 3 aromatic rings. The van der Waals surface area contributed by atoms with E-state index in [1.54, 1.807) is 0 Å². The molecule has 5 heterocycles. The van der Waals surface area contributed by atoms with Crippen molar-refractivity contribution in [1.29, 1.82) is 0 Å². The van der Waals surface area contributed by atoms with Crippen molar-refractivity contribution < 1.29 is 24.2 Å². The van der Waals surface area contributed by atoms with Crippen LogP contribution in [0.2, 0.25) is 0 Å². The van der Waals surface area contributed by atoms with Crippen LogP contribution in [0.1, 0.15) is 80.7 Å². The lowest BCUT2D eigenvalue weighted by molar-refractivity contribution is -0.142. The van der Waals surface area contributed by atoms with Gasteiger partial charge in [-0.15, -0.1) is 0 Å². The summed E-state index contributed by atoms with van der Waals surface area (Å²) >= 11 is 0. The quantitative estimate of drug-likeness (QED) is 0.214. The zero-order valence-corrected chi connectivity index (χ0v) is 25.5. The molecule has 3 atom stereocenters. The molecule has 3 aliphatic rings. The molecule has 0 amide bonds. The minimum Gasteiger partial charge on any atom is -0.481 e. The number of aliphatic carboxylic acids is 1. The van der Waals surface area contributed by atoms with Crippen LogP contribution in [0.3, 0.4) is 0 Å². The van der Waals surface area contributed by atoms with Gasteiger partial charge in [0, 0.05) is 79.7 Å². The summed E-state index contributed by atoms with van der Waals surface area (Å²) in [6.45, 7) is 16.1. The first-order chi connectivity index (χ1) is 21.0. The summed E-state index contributed by atoms with van der Waals surface area (Å²) in [7, 11) is 1.27. The van der Waals surface area contributed by atoms with Gasteiger partial charge < -0.3 is 30.1 Å². The summed E-state index contributed by atoms with van der Waals surface area (Å²) in [5.74, 6) is -3.48. The van der Waals surface area contributed by atoms with Gasteiger partial charge in [-0.05, 0) is 62.1 Å². The summed E-state index contributed by atoms with van der Waals surface area (Å²) < 4.78 is 5.14. The van der Waals surface area contributed by atoms with Crippen molar-refractivity contribution in [2.75, 3.05) is 7.11 Å². The number of H-pyrrole nitrogens is 3. The number of carboxylic acid groups (broad SMARTS) is 1. The van der Waals surface area contributed by atoms with Gasteiger partial charge in [-0.3, -0.25) is 14.4 Å². The summed E-state index contributed by atoms with van der Waals surface area (Å²) in [4.78, 5) is 49.5. The van der Waals surface area contributed by atoms with E-state index in [2.05, 4.69) is 39.5 Å². The number of fused-ring (bicyclic) bond motifs is 7. The normalized spacial score (nSPS) is 24.4. The molecular weight excluding hydrogens is 556 g/mol. The van der Waals surface area contributed by atoms with Crippen molar-refractivity contribution in [2.24, 2.45) is 17.8 Å². The zero-order valence-electron chi connectivity index (χ0n) is 25.5. The zero-order chi connectivity index (χ0) is 31.6. The van der Waals surface area contributed by atoms with E-state index >= 15 is 0 Å². The molecule has 0 aromatic carbocycles. The molecule has 226 valence electrons. The molecule has 1 saturated heterocycles. The van der Waals surface area contributed by atoms with Crippen LogP contribution in [-0.2, 0) is 14.3 Å². The Kier molecular flexibility index (Phi) is 6.99. The minimum atomic E-state index is -1.17. The van der Waals surface area contributed by atoms with Gasteiger partial charge in [-0.1, -0.05) is 32.2 Å². The fraction of sp³-hybridized carbons (Fsp3) is 0.286. The maximum Gasteiger partial charge on any atom is 0.321 e. The number of esters is 1. The molecular formula is C35H36N4O5. The Morgan fingerprint density at radius 2 is 1.61 bits per heavy atom. The topological polar surface area (TPSA) is 140 Å². The number of carboxylic acids is 1. The van der Waals surface area contributed by atoms with Gasteiger partial charge in [-0.2, -0.15) is 0 Å². The number of hydrogen-bond donors (Lipinski definition) is 5. The molecule has 6 rings (SSSR count). The Labute approximate surface area is 254 Å². The van der Waals surface area contributed by atoms with Crippen LogP contribution in [0.4, 0.5) is 0 Å². The standard InChI is InChI=1S/C35H36N4O5/c1-8-19-15(3)22-12-24-17(5)21(10-11-28(40)41)32(38-24)30-31(35(43)44-7)34(42)29-18(6)25(39-33(29)30)14-27-20(9-2)16(4)23(37-27)13-26(19)36-22/h8-9,12-14,17,21,31,36-39H,1-2,10-11H2,3-7H3,(H,40,41)/b23-13-,24-12-,27-14-,32-30-/t17-,21-,31+/m0/s1. The molecule has 0 unspecified atom stereocenters. The van der Waals surface area contributed by atoms with E-state index in [9.17, 15) is 19.5 Å². The van der Waals surface area contributed by atoms with Crippen molar-refractivity contribution in [3.05, 3.63) is 91.4 Å². The van der Waals surface area contributed by atoms with Crippen LogP contribution in [0.5, 0.6) is 0 Å². The Bertz CT molecular complexity index is 1990. The highest BCUT2D eigenvalue weighted by atomic mass is 16.5. The molecule has 1 aliphatic carbocycles. The minimum absolute atomic E-state index is 0.0624. The average Bonchev–Trinajstić information content (AvgIpc) is 3.72. The summed E-state index contributed by atoms with van der Waals surface area (Å²) in [6, 6.07) is 0. The van der Waals surface area contributed by atoms with Crippen molar-refractivity contribution >= 4 is 53.7 Å². The number of nitrogens with one attached hydrogen (secondary N) is 4. The molecule has 0 radical (unpaired) electrons. The fourth-order valence-electron chi connectivity index (χ4n) is 7.05. The number of carbonyl (C=O) groups is 3. The predicted octanol–water partition coefficient (Wildman–Crippen LogP) is 4.31. The highest BCUT2D eigenvalue weighted by molar-refractivity contribution is 6.24. The lowest BCUT2D eigenvalue weighted by Gasteiger charge is -2.19. The number of ether oxygens (including phenoxy) is 1. The van der Waals surface area contributed by atoms with E-state index in [0.717, 1.165) is 55.7 Å². The molecule has 8 bridgehead atoms. The third-order valence-corrected chi connectivity index (χ3v) is 9.52. The molecule has 2 aliphatic heterocycles. The van der Waals surface area contributed by atoms with Gasteiger partial charge in [0.15, 0.2) is 5.78 Å². The monoisotopic (exact) mass is 592 g/mol. The predicted molar refractivity (Wildman–Crippen MR) is 171 cm³/mol. The Morgan fingerprint density at radius 1 is 0.932 bits per heavy atom. The lowest BCUT2D eigenvalue weighted by atomic mass is 9.85. The molecule has 3 aromatic heterocycles. The molecule has 44 heavy (non-hydrogen) atoms. The van der Waals surface area contributed by atoms with E-state index in [-0.39, 0.29) is 24.0 Å². The number of hydrogen-bond acceptors (Lipinski definition) is 5. The maximum absolute atomic E-state index is 14.0. The van der Waals surface area contributed by atoms with Gasteiger partial charge in [0.25, 0.3) is 0 Å². The first kappa shape index (κ1) is 29.0. The number of ketones is 1. The van der Waals surface area contributed by atoms with Gasteiger partial charge >= 0.3 is 11.9 Å². The molecule has 0 saturated carbocycles. The Morgan fingerprint density at radius 3 is 2.27 bits per heavy atom. The van der Waals surface area contributed by atoms with Gasteiger partial charge in [0.05, 0.1) is 12.8 Å².